The van der Waals surface area contributed by atoms with Gasteiger partial charge in [-0.2, -0.15) is 15.0 Å². The number of nitrogens with one attached hydrogen (secondary N) is 1. The Morgan fingerprint density at radius 3 is 2.44 bits per heavy atom. The summed E-state index contributed by atoms with van der Waals surface area (Å²) in [6.45, 7) is 6.21. The minimum Gasteiger partial charge on any atom is -0.368 e. The van der Waals surface area contributed by atoms with E-state index in [-0.39, 0.29) is 5.95 Å². The summed E-state index contributed by atoms with van der Waals surface area (Å²) >= 11 is 1.49. The van der Waals surface area contributed by atoms with Crippen LogP contribution in [0.25, 0.3) is 17.1 Å². The molecule has 0 unspecified atom stereocenters. The predicted octanol–water partition coefficient (Wildman–Crippen LogP) is 5.06. The molecular weight excluding hydrogens is 470 g/mol. The van der Waals surface area contributed by atoms with Crippen LogP contribution in [0.1, 0.15) is 22.5 Å². The van der Waals surface area contributed by atoms with Crippen LogP contribution in [-0.2, 0) is 5.75 Å². The van der Waals surface area contributed by atoms with Crippen LogP contribution in [-0.4, -0.2) is 34.7 Å². The predicted molar refractivity (Wildman–Crippen MR) is 142 cm³/mol. The van der Waals surface area contributed by atoms with Crippen LogP contribution in [0, 0.1) is 20.8 Å². The van der Waals surface area contributed by atoms with Crippen molar-refractivity contribution in [3.63, 3.8) is 0 Å². The molecule has 0 aliphatic rings. The van der Waals surface area contributed by atoms with Crippen LogP contribution < -0.4 is 11.1 Å². The molecule has 3 aromatic heterocycles. The van der Waals surface area contributed by atoms with Gasteiger partial charge in [0.2, 0.25) is 11.9 Å². The number of anilines is 3. The largest absolute Gasteiger partial charge is 0.368 e. The molecule has 0 aliphatic heterocycles. The van der Waals surface area contributed by atoms with Crippen molar-refractivity contribution in [2.75, 3.05) is 11.1 Å². The topological polar surface area (TPSA) is 120 Å². The molecule has 3 heterocycles. The first-order valence-corrected chi connectivity index (χ1v) is 12.4. The minimum atomic E-state index is 0.157. The van der Waals surface area contributed by atoms with Gasteiger partial charge in [-0.15, -0.1) is 10.2 Å². The summed E-state index contributed by atoms with van der Waals surface area (Å²) in [4.78, 5) is 17.3. The maximum atomic E-state index is 6.00. The average molecular weight is 496 g/mol. The van der Waals surface area contributed by atoms with E-state index in [1.54, 1.807) is 12.4 Å². The highest BCUT2D eigenvalue weighted by Crippen LogP contribution is 2.30. The second-order valence-corrected chi connectivity index (χ2v) is 9.25. The van der Waals surface area contributed by atoms with Gasteiger partial charge in [-0.05, 0) is 67.8 Å². The van der Waals surface area contributed by atoms with E-state index in [1.165, 1.54) is 22.9 Å². The maximum absolute atomic E-state index is 6.00. The van der Waals surface area contributed by atoms with Crippen molar-refractivity contribution >= 4 is 29.3 Å². The SMILES string of the molecule is Cc1ccc(-n2c(SCc3nc(N)nc(Nc4ccccc4C)n3)nnc2-c2ccncc2)cc1C. The van der Waals surface area contributed by atoms with E-state index in [4.69, 9.17) is 5.73 Å². The Kier molecular flexibility index (Phi) is 6.59. The third kappa shape index (κ3) is 5.03. The zero-order valence-electron chi connectivity index (χ0n) is 20.2. The fraction of sp³-hybridized carbons (Fsp3) is 0.154. The van der Waals surface area contributed by atoms with Crippen LogP contribution in [0.5, 0.6) is 0 Å². The Morgan fingerprint density at radius 1 is 0.861 bits per heavy atom. The van der Waals surface area contributed by atoms with Crippen LogP contribution in [0.2, 0.25) is 0 Å². The van der Waals surface area contributed by atoms with Crippen molar-refractivity contribution in [2.45, 2.75) is 31.7 Å². The molecule has 0 aliphatic carbocycles. The lowest BCUT2D eigenvalue weighted by Crippen LogP contribution is -2.07. The van der Waals surface area contributed by atoms with E-state index in [9.17, 15) is 0 Å². The van der Waals surface area contributed by atoms with Crippen LogP contribution in [0.3, 0.4) is 0 Å². The number of benzene rings is 2. The first kappa shape index (κ1) is 23.4. The number of pyridine rings is 1. The van der Waals surface area contributed by atoms with Gasteiger partial charge in [0.25, 0.3) is 0 Å². The summed E-state index contributed by atoms with van der Waals surface area (Å²) in [6, 6.07) is 18.1. The summed E-state index contributed by atoms with van der Waals surface area (Å²) in [5.41, 5.74) is 12.3. The number of nitrogens with two attached hydrogens (primary N) is 1. The first-order chi connectivity index (χ1) is 17.5. The summed E-state index contributed by atoms with van der Waals surface area (Å²) in [5.74, 6) is 2.28. The average Bonchev–Trinajstić information content (AvgIpc) is 3.30. The van der Waals surface area contributed by atoms with Crippen molar-refractivity contribution in [1.29, 1.82) is 0 Å². The summed E-state index contributed by atoms with van der Waals surface area (Å²) in [6.07, 6.45) is 3.50. The smallest absolute Gasteiger partial charge is 0.232 e. The first-order valence-electron chi connectivity index (χ1n) is 11.4. The molecule has 0 spiro atoms. The number of para-hydroxylation sites is 1. The molecule has 0 amide bonds. The Labute approximate surface area is 213 Å². The number of aryl methyl sites for hydroxylation is 3. The van der Waals surface area contributed by atoms with Crippen molar-refractivity contribution in [3.8, 4) is 17.1 Å². The molecule has 180 valence electrons. The number of aromatic nitrogens is 7. The fourth-order valence-electron chi connectivity index (χ4n) is 3.67. The molecule has 0 fully saturated rings. The van der Waals surface area contributed by atoms with Gasteiger partial charge in [0.15, 0.2) is 11.0 Å². The van der Waals surface area contributed by atoms with Gasteiger partial charge in [0.05, 0.1) is 11.4 Å². The molecule has 3 N–H and O–H groups in total. The maximum Gasteiger partial charge on any atom is 0.232 e. The van der Waals surface area contributed by atoms with Crippen LogP contribution >= 0.6 is 11.8 Å². The van der Waals surface area contributed by atoms with Gasteiger partial charge in [0.1, 0.15) is 5.82 Å². The molecule has 2 aromatic carbocycles. The molecule has 5 rings (SSSR count). The molecule has 0 bridgehead atoms. The van der Waals surface area contributed by atoms with E-state index in [1.807, 2.05) is 47.9 Å². The number of nitrogen functional groups attached to an aromatic ring is 1. The van der Waals surface area contributed by atoms with Gasteiger partial charge < -0.3 is 11.1 Å². The normalized spacial score (nSPS) is 11.0. The molecule has 0 atom stereocenters. The quantitative estimate of drug-likeness (QED) is 0.299. The Morgan fingerprint density at radius 2 is 1.67 bits per heavy atom. The lowest BCUT2D eigenvalue weighted by molar-refractivity contribution is 0.880. The highest BCUT2D eigenvalue weighted by atomic mass is 32.2. The number of rotatable bonds is 7. The molecule has 9 nitrogen and oxygen atoms in total. The second kappa shape index (κ2) is 10.1. The highest BCUT2D eigenvalue weighted by molar-refractivity contribution is 7.98. The van der Waals surface area contributed by atoms with E-state index in [2.05, 4.69) is 67.5 Å². The van der Waals surface area contributed by atoms with E-state index in [0.717, 1.165) is 33.5 Å². The van der Waals surface area contributed by atoms with Crippen molar-refractivity contribution in [1.82, 2.24) is 34.7 Å². The van der Waals surface area contributed by atoms with Gasteiger partial charge in [-0.1, -0.05) is 36.0 Å². The molecule has 0 saturated heterocycles. The zero-order valence-corrected chi connectivity index (χ0v) is 21.0. The Bertz CT molecular complexity index is 1520. The monoisotopic (exact) mass is 495 g/mol. The fourth-order valence-corrected chi connectivity index (χ4v) is 4.48. The van der Waals surface area contributed by atoms with E-state index in [0.29, 0.717) is 17.5 Å². The van der Waals surface area contributed by atoms with Crippen LogP contribution in [0.4, 0.5) is 17.6 Å². The molecule has 5 aromatic rings. The van der Waals surface area contributed by atoms with Crippen molar-refractivity contribution < 1.29 is 0 Å². The molecule has 0 radical (unpaired) electrons. The number of hydrogen-bond acceptors (Lipinski definition) is 9. The van der Waals surface area contributed by atoms with E-state index >= 15 is 0 Å². The second-order valence-electron chi connectivity index (χ2n) is 8.31. The standard InChI is InChI=1S/C26H25N9S/c1-16-8-9-20(14-18(16)3)35-23(19-10-12-28-13-11-19)33-34-26(35)36-15-22-30-24(27)32-25(31-22)29-21-7-5-4-6-17(21)2/h4-14H,15H2,1-3H3,(H3,27,29,30,31,32). The third-order valence-electron chi connectivity index (χ3n) is 5.74. The third-order valence-corrected chi connectivity index (χ3v) is 6.67. The van der Waals surface area contributed by atoms with Gasteiger partial charge in [-0.3, -0.25) is 9.55 Å². The number of nitrogens with zero attached hydrogens (tertiary/aromatic N) is 7. The number of hydrogen-bond donors (Lipinski definition) is 2. The summed E-state index contributed by atoms with van der Waals surface area (Å²) < 4.78 is 2.05. The lowest BCUT2D eigenvalue weighted by atomic mass is 10.1. The minimum absolute atomic E-state index is 0.157. The van der Waals surface area contributed by atoms with Crippen LogP contribution in [0.15, 0.2) is 72.1 Å². The number of thioether (sulfide) groups is 1. The van der Waals surface area contributed by atoms with Gasteiger partial charge in [0, 0.05) is 23.6 Å². The zero-order chi connectivity index (χ0) is 25.1. The highest BCUT2D eigenvalue weighted by Gasteiger charge is 2.18. The van der Waals surface area contributed by atoms with Gasteiger partial charge >= 0.3 is 0 Å². The van der Waals surface area contributed by atoms with Crippen molar-refractivity contribution in [2.24, 2.45) is 0 Å². The Hall–Kier alpha value is -4.31. The summed E-state index contributed by atoms with van der Waals surface area (Å²) in [5, 5.41) is 13.0. The molecular formula is C26H25N9S. The van der Waals surface area contributed by atoms with Crippen molar-refractivity contribution in [3.05, 3.63) is 89.5 Å². The lowest BCUT2D eigenvalue weighted by Gasteiger charge is -2.12. The van der Waals surface area contributed by atoms with Gasteiger partial charge in [-0.25, -0.2) is 0 Å². The molecule has 10 heteroatoms. The summed E-state index contributed by atoms with van der Waals surface area (Å²) in [7, 11) is 0. The molecule has 0 saturated carbocycles. The van der Waals surface area contributed by atoms with E-state index < -0.39 is 0 Å². The Balaban J connectivity index is 1.46. The molecule has 36 heavy (non-hydrogen) atoms.